The first-order chi connectivity index (χ1) is 14.0. The number of ketones is 1. The summed E-state index contributed by atoms with van der Waals surface area (Å²) in [4.78, 5) is 42.0. The summed E-state index contributed by atoms with van der Waals surface area (Å²) in [6.45, 7) is 2.69. The largest absolute Gasteiger partial charge is 0.298 e. The lowest BCUT2D eigenvalue weighted by molar-refractivity contribution is -0.141. The summed E-state index contributed by atoms with van der Waals surface area (Å²) in [7, 11) is 0. The molecule has 2 saturated heterocycles. The number of hydrogen-bond donors (Lipinski definition) is 0. The zero-order valence-corrected chi connectivity index (χ0v) is 17.0. The Kier molecular flexibility index (Phi) is 5.09. The van der Waals surface area contributed by atoms with Gasteiger partial charge in [-0.25, -0.2) is 4.39 Å². The van der Waals surface area contributed by atoms with Crippen molar-refractivity contribution in [3.05, 3.63) is 12.2 Å². The zero-order chi connectivity index (χ0) is 20.1. The Labute approximate surface area is 171 Å². The summed E-state index contributed by atoms with van der Waals surface area (Å²) in [5.74, 6) is 1.07. The molecule has 158 valence electrons. The lowest BCUT2D eigenvalue weighted by atomic mass is 9.85. The van der Waals surface area contributed by atoms with Crippen molar-refractivity contribution in [1.82, 2.24) is 9.80 Å². The van der Waals surface area contributed by atoms with Crippen LogP contribution in [0.2, 0.25) is 0 Å². The molecule has 6 heteroatoms. The van der Waals surface area contributed by atoms with Crippen LogP contribution < -0.4 is 0 Å². The van der Waals surface area contributed by atoms with Gasteiger partial charge in [0.15, 0.2) is 0 Å². The number of hydrogen-bond acceptors (Lipinski definition) is 4. The molecule has 2 saturated carbocycles. The number of amides is 2. The summed E-state index contributed by atoms with van der Waals surface area (Å²) < 4.78 is 13.3. The molecule has 0 N–H and O–H groups in total. The number of carbonyl (C=O) groups excluding carboxylic acids is 3. The standard InChI is InChI=1S/C23H31FN2O3/c24-18-5-3-15(4-6-18)19(27)13-25-9-7-14(8-10-25)12-26-22(28)20-16-1-2-17(11-16)21(20)23(26)29/h1-2,14-18,20-21H,3-13H2. The molecule has 0 aromatic heterocycles. The van der Waals surface area contributed by atoms with Crippen molar-refractivity contribution >= 4 is 17.6 Å². The molecule has 2 bridgehead atoms. The summed E-state index contributed by atoms with van der Waals surface area (Å²) in [6, 6.07) is 0. The van der Waals surface area contributed by atoms with E-state index in [2.05, 4.69) is 17.1 Å². The van der Waals surface area contributed by atoms with E-state index in [-0.39, 0.29) is 47.2 Å². The van der Waals surface area contributed by atoms with Crippen LogP contribution in [0.5, 0.6) is 0 Å². The number of carbonyl (C=O) groups is 3. The summed E-state index contributed by atoms with van der Waals surface area (Å²) in [6.07, 6.45) is 8.78. The lowest BCUT2D eigenvalue weighted by Gasteiger charge is -2.34. The van der Waals surface area contributed by atoms with Gasteiger partial charge in [0, 0.05) is 12.5 Å². The van der Waals surface area contributed by atoms with Crippen LogP contribution in [-0.2, 0) is 14.4 Å². The number of allylic oxidation sites excluding steroid dienone is 2. The SMILES string of the molecule is O=C(CN1CCC(CN2C(=O)C3C4C=CC(C4)C3C2=O)CC1)C1CCC(F)CC1. The molecule has 29 heavy (non-hydrogen) atoms. The third-order valence-corrected chi connectivity index (χ3v) is 8.20. The van der Waals surface area contributed by atoms with Crippen LogP contribution in [0.3, 0.4) is 0 Å². The molecule has 4 fully saturated rings. The minimum absolute atomic E-state index is 0.0305. The minimum Gasteiger partial charge on any atom is -0.298 e. The third-order valence-electron chi connectivity index (χ3n) is 8.20. The van der Waals surface area contributed by atoms with Crippen LogP contribution in [0.4, 0.5) is 4.39 Å². The normalized spacial score (nSPS) is 40.1. The Hall–Kier alpha value is -1.56. The summed E-state index contributed by atoms with van der Waals surface area (Å²) >= 11 is 0. The fourth-order valence-corrected chi connectivity index (χ4v) is 6.45. The average molecular weight is 403 g/mol. The molecule has 0 radical (unpaired) electrons. The van der Waals surface area contributed by atoms with Crippen molar-refractivity contribution in [3.63, 3.8) is 0 Å². The van der Waals surface area contributed by atoms with Crippen LogP contribution >= 0.6 is 0 Å². The maximum Gasteiger partial charge on any atom is 0.233 e. The Morgan fingerprint density at radius 3 is 2.10 bits per heavy atom. The highest BCUT2D eigenvalue weighted by Crippen LogP contribution is 2.52. The quantitative estimate of drug-likeness (QED) is 0.524. The van der Waals surface area contributed by atoms with Crippen molar-refractivity contribution in [2.45, 2.75) is 51.1 Å². The molecule has 3 aliphatic carbocycles. The Bertz CT molecular complexity index is 692. The van der Waals surface area contributed by atoms with Gasteiger partial charge < -0.3 is 0 Å². The van der Waals surface area contributed by atoms with E-state index >= 15 is 0 Å². The fraction of sp³-hybridized carbons (Fsp3) is 0.783. The molecular formula is C23H31FN2O3. The molecule has 0 aromatic carbocycles. The van der Waals surface area contributed by atoms with Crippen LogP contribution in [-0.4, -0.2) is 59.7 Å². The highest BCUT2D eigenvalue weighted by molar-refractivity contribution is 6.06. The van der Waals surface area contributed by atoms with E-state index in [0.29, 0.717) is 44.7 Å². The molecule has 4 atom stereocenters. The Morgan fingerprint density at radius 2 is 1.52 bits per heavy atom. The smallest absolute Gasteiger partial charge is 0.233 e. The van der Waals surface area contributed by atoms with E-state index < -0.39 is 6.17 Å². The fourth-order valence-electron chi connectivity index (χ4n) is 6.45. The van der Waals surface area contributed by atoms with E-state index in [1.807, 2.05) is 0 Å². The van der Waals surface area contributed by atoms with Crippen LogP contribution in [0.25, 0.3) is 0 Å². The molecular weight excluding hydrogens is 371 g/mol. The van der Waals surface area contributed by atoms with Crippen molar-refractivity contribution in [2.75, 3.05) is 26.2 Å². The number of rotatable bonds is 5. The van der Waals surface area contributed by atoms with Gasteiger partial charge in [-0.1, -0.05) is 12.2 Å². The molecule has 2 heterocycles. The molecule has 2 amide bonds. The number of alkyl halides is 1. The van der Waals surface area contributed by atoms with Crippen molar-refractivity contribution < 1.29 is 18.8 Å². The highest BCUT2D eigenvalue weighted by Gasteiger charge is 2.59. The molecule has 5 aliphatic rings. The van der Waals surface area contributed by atoms with Gasteiger partial charge in [-0.05, 0) is 75.8 Å². The second-order valence-corrected chi connectivity index (χ2v) is 9.92. The first kappa shape index (κ1) is 19.4. The second kappa shape index (κ2) is 7.60. The number of halogens is 1. The maximum absolute atomic E-state index is 13.3. The molecule has 5 nitrogen and oxygen atoms in total. The number of imide groups is 1. The number of likely N-dealkylation sites (tertiary alicyclic amines) is 2. The van der Waals surface area contributed by atoms with E-state index in [0.717, 1.165) is 32.4 Å². The molecule has 0 spiro atoms. The third kappa shape index (κ3) is 3.47. The number of nitrogens with zero attached hydrogens (tertiary/aromatic N) is 2. The van der Waals surface area contributed by atoms with Gasteiger partial charge in [0.25, 0.3) is 0 Å². The van der Waals surface area contributed by atoms with Gasteiger partial charge in [-0.2, -0.15) is 0 Å². The minimum atomic E-state index is -0.726. The number of piperidine rings is 1. The van der Waals surface area contributed by atoms with E-state index in [4.69, 9.17) is 0 Å². The molecule has 4 unspecified atom stereocenters. The number of Topliss-reactive ketones (excluding diaryl/α,β-unsaturated/α-hetero) is 1. The Morgan fingerprint density at radius 1 is 0.931 bits per heavy atom. The predicted octanol–water partition coefficient (Wildman–Crippen LogP) is 2.60. The van der Waals surface area contributed by atoms with Gasteiger partial charge >= 0.3 is 0 Å². The topological polar surface area (TPSA) is 57.7 Å². The van der Waals surface area contributed by atoms with Crippen molar-refractivity contribution in [3.8, 4) is 0 Å². The second-order valence-electron chi connectivity index (χ2n) is 9.92. The van der Waals surface area contributed by atoms with Crippen molar-refractivity contribution in [2.24, 2.45) is 35.5 Å². The van der Waals surface area contributed by atoms with Crippen LogP contribution in [0.15, 0.2) is 12.2 Å². The van der Waals surface area contributed by atoms with Crippen LogP contribution in [0, 0.1) is 35.5 Å². The highest BCUT2D eigenvalue weighted by atomic mass is 19.1. The first-order valence-corrected chi connectivity index (χ1v) is 11.4. The van der Waals surface area contributed by atoms with Gasteiger partial charge in [-0.15, -0.1) is 0 Å². The number of fused-ring (bicyclic) bond motifs is 5. The molecule has 5 rings (SSSR count). The maximum atomic E-state index is 13.3. The lowest BCUT2D eigenvalue weighted by Crippen LogP contribution is -2.43. The van der Waals surface area contributed by atoms with Gasteiger partial charge in [0.05, 0.1) is 18.4 Å². The Balaban J connectivity index is 1.10. The monoisotopic (exact) mass is 402 g/mol. The van der Waals surface area contributed by atoms with Crippen LogP contribution in [0.1, 0.15) is 44.9 Å². The zero-order valence-electron chi connectivity index (χ0n) is 17.0. The van der Waals surface area contributed by atoms with E-state index in [1.54, 1.807) is 4.90 Å². The van der Waals surface area contributed by atoms with E-state index in [9.17, 15) is 18.8 Å². The van der Waals surface area contributed by atoms with Gasteiger partial charge in [0.1, 0.15) is 12.0 Å². The van der Waals surface area contributed by atoms with Gasteiger partial charge in [0.2, 0.25) is 11.8 Å². The summed E-state index contributed by atoms with van der Waals surface area (Å²) in [5, 5.41) is 0. The summed E-state index contributed by atoms with van der Waals surface area (Å²) in [5.41, 5.74) is 0. The van der Waals surface area contributed by atoms with Gasteiger partial charge in [-0.3, -0.25) is 24.2 Å². The average Bonchev–Trinajstić information content (AvgIpc) is 3.40. The molecule has 2 aliphatic heterocycles. The van der Waals surface area contributed by atoms with Crippen molar-refractivity contribution in [1.29, 1.82) is 0 Å². The first-order valence-electron chi connectivity index (χ1n) is 11.4. The molecule has 0 aromatic rings. The predicted molar refractivity (Wildman–Crippen MR) is 105 cm³/mol. The van der Waals surface area contributed by atoms with E-state index in [1.165, 1.54) is 0 Å².